The van der Waals surface area contributed by atoms with Crippen LogP contribution in [0.4, 0.5) is 0 Å². The highest BCUT2D eigenvalue weighted by Crippen LogP contribution is 2.30. The van der Waals surface area contributed by atoms with E-state index in [-0.39, 0.29) is 87.0 Å². The minimum atomic E-state index is -1.65. The van der Waals surface area contributed by atoms with E-state index in [1.54, 1.807) is 0 Å². The van der Waals surface area contributed by atoms with E-state index >= 15 is 0 Å². The zero-order valence-electron chi connectivity index (χ0n) is 25.4. The first-order valence-corrected chi connectivity index (χ1v) is 14.4. The highest BCUT2D eigenvalue weighted by Gasteiger charge is 2.25. The Labute approximate surface area is 272 Å². The number of benzene rings is 2. The fourth-order valence-electron chi connectivity index (χ4n) is 4.04. The first-order valence-electron chi connectivity index (χ1n) is 14.4. The number of amides is 2. The van der Waals surface area contributed by atoms with Gasteiger partial charge in [0, 0.05) is 11.1 Å². The minimum absolute atomic E-state index is 0.00840. The summed E-state index contributed by atoms with van der Waals surface area (Å²) in [7, 11) is 0. The van der Waals surface area contributed by atoms with Crippen molar-refractivity contribution in [2.75, 3.05) is 52.9 Å². The number of aliphatic carboxylic acids is 4. The first kappa shape index (κ1) is 36.8. The lowest BCUT2D eigenvalue weighted by atomic mass is 10.1. The molecule has 0 saturated carbocycles. The van der Waals surface area contributed by atoms with Crippen LogP contribution in [0.1, 0.15) is 33.6 Å². The zero-order valence-corrected chi connectivity index (χ0v) is 25.4. The van der Waals surface area contributed by atoms with E-state index in [2.05, 4.69) is 10.6 Å². The van der Waals surface area contributed by atoms with E-state index in [4.69, 9.17) is 38.6 Å². The maximum Gasteiger partial charge on any atom is 0.326 e. The summed E-state index contributed by atoms with van der Waals surface area (Å²) < 4.78 is 34.0. The molecule has 6 N–H and O–H groups in total. The van der Waals surface area contributed by atoms with Gasteiger partial charge in [-0.25, -0.2) is 9.59 Å². The molecule has 3 rings (SSSR count). The monoisotopic (exact) mass is 678 g/mol. The Morgan fingerprint density at radius 3 is 1.17 bits per heavy atom. The van der Waals surface area contributed by atoms with Gasteiger partial charge in [0.1, 0.15) is 38.5 Å². The first-order chi connectivity index (χ1) is 22.9. The minimum Gasteiger partial charge on any atom is -0.487 e. The van der Waals surface area contributed by atoms with Crippen molar-refractivity contribution >= 4 is 35.7 Å². The van der Waals surface area contributed by atoms with Gasteiger partial charge in [-0.1, -0.05) is 0 Å². The number of nitrogens with one attached hydrogen (secondary N) is 2. The van der Waals surface area contributed by atoms with Gasteiger partial charge in [-0.2, -0.15) is 0 Å². The third-order valence-electron chi connectivity index (χ3n) is 6.32. The Morgan fingerprint density at radius 1 is 0.521 bits per heavy atom. The van der Waals surface area contributed by atoms with Crippen molar-refractivity contribution in [1.82, 2.24) is 10.6 Å². The summed E-state index contributed by atoms with van der Waals surface area (Å²) in [6.45, 7) is 0.437. The molecule has 2 amide bonds. The van der Waals surface area contributed by atoms with Crippen molar-refractivity contribution in [3.63, 3.8) is 0 Å². The molecule has 0 bridgehead atoms. The van der Waals surface area contributed by atoms with Crippen molar-refractivity contribution < 1.29 is 77.6 Å². The molecule has 260 valence electrons. The molecule has 0 saturated heterocycles. The summed E-state index contributed by atoms with van der Waals surface area (Å²) in [6.07, 6.45) is -1.64. The van der Waals surface area contributed by atoms with Crippen LogP contribution < -0.4 is 29.6 Å². The average molecular weight is 679 g/mol. The Balaban J connectivity index is 1.66. The average Bonchev–Trinajstić information content (AvgIpc) is 3.02. The number of hydrogen-bond acceptors (Lipinski definition) is 12. The molecule has 48 heavy (non-hydrogen) atoms. The molecule has 1 aliphatic rings. The Hall–Kier alpha value is -5.62. The third kappa shape index (κ3) is 12.0. The van der Waals surface area contributed by atoms with Crippen LogP contribution in [0.5, 0.6) is 23.0 Å². The van der Waals surface area contributed by atoms with E-state index in [0.717, 1.165) is 0 Å². The predicted octanol–water partition coefficient (Wildman–Crippen LogP) is 0.264. The van der Waals surface area contributed by atoms with Crippen molar-refractivity contribution in [3.05, 3.63) is 47.5 Å². The van der Waals surface area contributed by atoms with Crippen molar-refractivity contribution in [1.29, 1.82) is 0 Å². The van der Waals surface area contributed by atoms with Crippen LogP contribution in [0.25, 0.3) is 0 Å². The Kier molecular flexibility index (Phi) is 14.2. The van der Waals surface area contributed by atoms with Crippen molar-refractivity contribution in [2.45, 2.75) is 24.9 Å². The number of fused-ring (bicyclic) bond motifs is 2. The molecule has 2 aromatic carbocycles. The molecular formula is C30H34N2O16. The molecule has 2 atom stereocenters. The summed E-state index contributed by atoms with van der Waals surface area (Å²) in [5.74, 6) is -6.73. The summed E-state index contributed by atoms with van der Waals surface area (Å²) >= 11 is 0. The second-order valence-electron chi connectivity index (χ2n) is 9.87. The maximum absolute atomic E-state index is 12.7. The molecule has 18 nitrogen and oxygen atoms in total. The van der Waals surface area contributed by atoms with Crippen LogP contribution >= 0.6 is 0 Å². The molecule has 0 radical (unpaired) electrons. The lowest BCUT2D eigenvalue weighted by Crippen LogP contribution is -2.42. The molecule has 2 aromatic rings. The van der Waals surface area contributed by atoms with E-state index < -0.39 is 60.6 Å². The molecule has 0 aliphatic carbocycles. The SMILES string of the molecule is O=C(O)C[C@H](NC(=O)c1ccc2c(c1)OCCOCCOc1cc(C(=O)N[C@H](CC(=O)O)C(=O)O)ccc1OCCOCCO2)C(=O)O. The summed E-state index contributed by atoms with van der Waals surface area (Å²) in [4.78, 5) is 70.0. The number of hydrogen-bond donors (Lipinski definition) is 6. The fourth-order valence-corrected chi connectivity index (χ4v) is 4.04. The van der Waals surface area contributed by atoms with Crippen LogP contribution in [0.15, 0.2) is 36.4 Å². The van der Waals surface area contributed by atoms with Gasteiger partial charge < -0.3 is 59.5 Å². The molecule has 18 heteroatoms. The van der Waals surface area contributed by atoms with E-state index in [0.29, 0.717) is 0 Å². The molecular weight excluding hydrogens is 644 g/mol. The summed E-state index contributed by atoms with van der Waals surface area (Å²) in [5, 5.41) is 40.7. The highest BCUT2D eigenvalue weighted by molar-refractivity contribution is 5.98. The van der Waals surface area contributed by atoms with Gasteiger partial charge in [-0.15, -0.1) is 0 Å². The van der Waals surface area contributed by atoms with Crippen LogP contribution in [0.3, 0.4) is 0 Å². The van der Waals surface area contributed by atoms with Crippen molar-refractivity contribution in [3.8, 4) is 23.0 Å². The fraction of sp³-hybridized carbons (Fsp3) is 0.400. The zero-order chi connectivity index (χ0) is 35.1. The smallest absolute Gasteiger partial charge is 0.326 e. The van der Waals surface area contributed by atoms with Crippen LogP contribution in [0.2, 0.25) is 0 Å². The number of carboxylic acids is 4. The topological polar surface area (TPSA) is 263 Å². The van der Waals surface area contributed by atoms with Crippen LogP contribution in [0, 0.1) is 0 Å². The number of carbonyl (C=O) groups excluding carboxylic acids is 2. The maximum atomic E-state index is 12.7. The molecule has 1 heterocycles. The van der Waals surface area contributed by atoms with Gasteiger partial charge in [0.25, 0.3) is 11.8 Å². The van der Waals surface area contributed by atoms with Crippen LogP contribution in [-0.4, -0.2) is 121 Å². The molecule has 0 spiro atoms. The van der Waals surface area contributed by atoms with E-state index in [1.165, 1.54) is 36.4 Å². The van der Waals surface area contributed by atoms with Crippen LogP contribution in [-0.2, 0) is 28.7 Å². The second-order valence-corrected chi connectivity index (χ2v) is 9.87. The second kappa shape index (κ2) is 18.5. The summed E-state index contributed by atoms with van der Waals surface area (Å²) in [6, 6.07) is 4.92. The van der Waals surface area contributed by atoms with Gasteiger partial charge in [-0.05, 0) is 36.4 Å². The number of ether oxygens (including phenoxy) is 6. The standard InChI is InChI=1S/C30H34N2O16/c33-25(34)15-19(29(39)40)31-27(37)17-1-3-21-23(13-17)47-11-7-44-8-12-48-24-14-18(28(38)32-20(30(41)42)16-26(35)36)2-4-22(24)46-10-6-43-5-9-45-21/h1-4,13-14,19-20H,5-12,15-16H2,(H,31,37)(H,32,38)(H,33,34)(H,35,36)(H,39,40)(H,41,42)/t19-,20+. The quantitative estimate of drug-likeness (QED) is 0.197. The molecule has 1 aliphatic heterocycles. The molecule has 0 fully saturated rings. The highest BCUT2D eigenvalue weighted by atomic mass is 16.6. The number of carboxylic acid groups (broad SMARTS) is 4. The van der Waals surface area contributed by atoms with Gasteiger partial charge >= 0.3 is 23.9 Å². The lowest BCUT2D eigenvalue weighted by molar-refractivity contribution is -0.145. The number of rotatable bonds is 10. The van der Waals surface area contributed by atoms with Crippen molar-refractivity contribution in [2.24, 2.45) is 0 Å². The van der Waals surface area contributed by atoms with Gasteiger partial charge in [0.15, 0.2) is 23.0 Å². The van der Waals surface area contributed by atoms with E-state index in [1.807, 2.05) is 0 Å². The predicted molar refractivity (Wildman–Crippen MR) is 159 cm³/mol. The largest absolute Gasteiger partial charge is 0.487 e. The Bertz CT molecular complexity index is 1370. The summed E-state index contributed by atoms with van der Waals surface area (Å²) in [5.41, 5.74) is -0.0168. The number of carbonyl (C=O) groups is 6. The van der Waals surface area contributed by atoms with Gasteiger partial charge in [0.05, 0.1) is 39.3 Å². The third-order valence-corrected chi connectivity index (χ3v) is 6.32. The molecule has 0 aromatic heterocycles. The lowest BCUT2D eigenvalue weighted by Gasteiger charge is -2.17. The molecule has 0 unspecified atom stereocenters. The van der Waals surface area contributed by atoms with Gasteiger partial charge in [0.2, 0.25) is 0 Å². The Morgan fingerprint density at radius 2 is 0.854 bits per heavy atom. The normalized spacial score (nSPS) is 15.3. The van der Waals surface area contributed by atoms with Gasteiger partial charge in [-0.3, -0.25) is 19.2 Å². The van der Waals surface area contributed by atoms with E-state index in [9.17, 15) is 39.0 Å².